The Bertz CT molecular complexity index is 1190. The summed E-state index contributed by atoms with van der Waals surface area (Å²) in [6.07, 6.45) is -0.353. The SMILES string of the molecule is COP(=O)(CC(=O)Nc1ccc2c(c1)OCCO2)OC.COP(OC)OC.O=C(CBr)Nc1ccc2c(c1)OCCO2. The maximum absolute atomic E-state index is 11.8. The van der Waals surface area contributed by atoms with Crippen molar-refractivity contribution in [1.29, 1.82) is 0 Å². The number of amides is 2. The molecule has 0 atom stereocenters. The topological polar surface area (TPSA) is 158 Å². The maximum atomic E-state index is 11.8. The van der Waals surface area contributed by atoms with Crippen LogP contribution >= 0.6 is 32.1 Å². The highest BCUT2D eigenvalue weighted by molar-refractivity contribution is 9.09. The Hall–Kier alpha value is -2.48. The van der Waals surface area contributed by atoms with Gasteiger partial charge in [0.25, 0.3) is 0 Å². The number of carbonyl (C=O) groups is 2. The zero-order valence-corrected chi connectivity index (χ0v) is 27.3. The van der Waals surface area contributed by atoms with Crippen molar-refractivity contribution in [3.8, 4) is 23.0 Å². The van der Waals surface area contributed by atoms with Gasteiger partial charge in [0.05, 0.1) is 5.33 Å². The van der Waals surface area contributed by atoms with Gasteiger partial charge in [0.15, 0.2) is 23.0 Å². The van der Waals surface area contributed by atoms with E-state index in [1.165, 1.54) is 14.2 Å². The second kappa shape index (κ2) is 18.9. The minimum atomic E-state index is -3.37. The first-order valence-corrected chi connectivity index (χ1v) is 16.2. The zero-order valence-electron chi connectivity index (χ0n) is 23.9. The molecule has 2 heterocycles. The van der Waals surface area contributed by atoms with Gasteiger partial charge in [-0.2, -0.15) is 0 Å². The summed E-state index contributed by atoms with van der Waals surface area (Å²) in [5, 5.41) is 5.61. The molecule has 0 spiro atoms. The molecular formula is C25H35BrN2O12P2. The van der Waals surface area contributed by atoms with Crippen molar-refractivity contribution in [3.05, 3.63) is 36.4 Å². The van der Waals surface area contributed by atoms with E-state index in [1.807, 2.05) is 0 Å². The Morgan fingerprint density at radius 2 is 1.14 bits per heavy atom. The van der Waals surface area contributed by atoms with Crippen LogP contribution in [0.1, 0.15) is 0 Å². The molecule has 17 heteroatoms. The number of anilines is 2. The number of carbonyl (C=O) groups excluding carboxylic acids is 2. The van der Waals surface area contributed by atoms with Gasteiger partial charge < -0.3 is 52.2 Å². The van der Waals surface area contributed by atoms with Gasteiger partial charge in [-0.1, -0.05) is 15.9 Å². The normalized spacial score (nSPS) is 13.1. The summed E-state index contributed by atoms with van der Waals surface area (Å²) in [6, 6.07) is 10.4. The van der Waals surface area contributed by atoms with Gasteiger partial charge in [-0.3, -0.25) is 14.2 Å². The van der Waals surface area contributed by atoms with E-state index in [2.05, 4.69) is 40.1 Å². The van der Waals surface area contributed by atoms with Crippen molar-refractivity contribution in [1.82, 2.24) is 0 Å². The highest BCUT2D eigenvalue weighted by atomic mass is 79.9. The van der Waals surface area contributed by atoms with E-state index in [9.17, 15) is 14.2 Å². The van der Waals surface area contributed by atoms with Gasteiger partial charge in [-0.25, -0.2) is 0 Å². The maximum Gasteiger partial charge on any atom is 0.339 e. The lowest BCUT2D eigenvalue weighted by atomic mass is 10.2. The molecule has 14 nitrogen and oxygen atoms in total. The molecule has 0 saturated carbocycles. The molecular weight excluding hydrogens is 662 g/mol. The average molecular weight is 697 g/mol. The van der Waals surface area contributed by atoms with Crippen molar-refractivity contribution in [2.45, 2.75) is 0 Å². The van der Waals surface area contributed by atoms with Crippen LogP contribution < -0.4 is 29.6 Å². The number of hydrogen-bond acceptors (Lipinski definition) is 12. The first-order chi connectivity index (χ1) is 20.2. The van der Waals surface area contributed by atoms with Crippen LogP contribution in [0.2, 0.25) is 0 Å². The number of benzene rings is 2. The number of halogens is 1. The molecule has 42 heavy (non-hydrogen) atoms. The summed E-state index contributed by atoms with van der Waals surface area (Å²) in [5.74, 6) is 2.04. The predicted molar refractivity (Wildman–Crippen MR) is 160 cm³/mol. The monoisotopic (exact) mass is 696 g/mol. The zero-order chi connectivity index (χ0) is 31.0. The fourth-order valence-corrected chi connectivity index (χ4v) is 4.67. The molecule has 2 aliphatic rings. The molecule has 0 aromatic heterocycles. The Kier molecular flexibility index (Phi) is 16.1. The van der Waals surface area contributed by atoms with Crippen LogP contribution in [0.3, 0.4) is 0 Å². The van der Waals surface area contributed by atoms with E-state index in [0.717, 1.165) is 5.75 Å². The van der Waals surface area contributed by atoms with Crippen LogP contribution in [0.5, 0.6) is 23.0 Å². The number of nitrogens with one attached hydrogen (secondary N) is 2. The van der Waals surface area contributed by atoms with Crippen molar-refractivity contribution >= 4 is 55.3 Å². The van der Waals surface area contributed by atoms with Gasteiger partial charge in [-0.05, 0) is 24.3 Å². The standard InChI is InChI=1S/C12H16NO6P.C10H10BrNO3.C3H9O3P/c1-16-20(15,17-2)8-12(14)13-9-3-4-10-11(7-9)19-6-5-18-10;11-6-10(13)12-7-1-2-8-9(5-7)15-4-3-14-8;1-4-7(5-2)6-3/h3-4,7H,5-6,8H2,1-2H3,(H,13,14);1-2,5H,3-4,6H2,(H,12,13);1-3H3. The molecule has 2 aliphatic heterocycles. The van der Waals surface area contributed by atoms with Crippen molar-refractivity contribution in [2.75, 3.05) is 84.1 Å². The summed E-state index contributed by atoms with van der Waals surface area (Å²) in [5.41, 5.74) is 1.24. The minimum Gasteiger partial charge on any atom is -0.486 e. The minimum absolute atomic E-state index is 0.0910. The van der Waals surface area contributed by atoms with Gasteiger partial charge in [-0.15, -0.1) is 0 Å². The fraction of sp³-hybridized carbons (Fsp3) is 0.440. The molecule has 0 saturated heterocycles. The molecule has 0 aliphatic carbocycles. The summed E-state index contributed by atoms with van der Waals surface area (Å²) in [7, 11) is 2.68. The number of hydrogen-bond donors (Lipinski definition) is 2. The predicted octanol–water partition coefficient (Wildman–Crippen LogP) is 4.83. The third kappa shape index (κ3) is 12.0. The number of ether oxygens (including phenoxy) is 4. The average Bonchev–Trinajstić information content (AvgIpc) is 3.02. The van der Waals surface area contributed by atoms with E-state index in [4.69, 9.17) is 28.0 Å². The lowest BCUT2D eigenvalue weighted by molar-refractivity contribution is -0.114. The third-order valence-corrected chi connectivity index (χ3v) is 8.30. The molecule has 234 valence electrons. The number of alkyl halides is 1. The summed E-state index contributed by atoms with van der Waals surface area (Å²) in [6.45, 7) is 2.08. The molecule has 4 rings (SSSR count). The van der Waals surface area contributed by atoms with Gasteiger partial charge in [0.1, 0.15) is 32.6 Å². The molecule has 0 fully saturated rings. The largest absolute Gasteiger partial charge is 0.486 e. The molecule has 0 bridgehead atoms. The van der Waals surface area contributed by atoms with Crippen LogP contribution in [0, 0.1) is 0 Å². The quantitative estimate of drug-likeness (QED) is 0.258. The Morgan fingerprint density at radius 1 is 0.738 bits per heavy atom. The first-order valence-electron chi connectivity index (χ1n) is 12.3. The summed E-state index contributed by atoms with van der Waals surface area (Å²) in [4.78, 5) is 22.9. The van der Waals surface area contributed by atoms with Crippen molar-refractivity contribution < 1.29 is 55.7 Å². The van der Waals surface area contributed by atoms with E-state index in [0.29, 0.717) is 55.1 Å². The lowest BCUT2D eigenvalue weighted by Crippen LogP contribution is -2.18. The summed E-state index contributed by atoms with van der Waals surface area (Å²) < 4.78 is 56.8. The third-order valence-electron chi connectivity index (χ3n) is 5.11. The van der Waals surface area contributed by atoms with Crippen LogP contribution in [-0.2, 0) is 36.8 Å². The Balaban J connectivity index is 0.000000246. The second-order valence-corrected chi connectivity index (χ2v) is 12.2. The molecule has 0 unspecified atom stereocenters. The van der Waals surface area contributed by atoms with E-state index >= 15 is 0 Å². The molecule has 2 aromatic carbocycles. The number of rotatable bonds is 10. The van der Waals surface area contributed by atoms with Gasteiger partial charge >= 0.3 is 16.2 Å². The Morgan fingerprint density at radius 3 is 1.50 bits per heavy atom. The molecule has 0 radical (unpaired) electrons. The highest BCUT2D eigenvalue weighted by Gasteiger charge is 2.25. The smallest absolute Gasteiger partial charge is 0.339 e. The van der Waals surface area contributed by atoms with E-state index in [-0.39, 0.29) is 17.4 Å². The fourth-order valence-electron chi connectivity index (χ4n) is 3.24. The van der Waals surface area contributed by atoms with Gasteiger partial charge in [0.2, 0.25) is 11.8 Å². The van der Waals surface area contributed by atoms with Gasteiger partial charge in [0, 0.05) is 59.1 Å². The Labute approximate surface area is 254 Å². The molecule has 2 amide bonds. The molecule has 2 N–H and O–H groups in total. The van der Waals surface area contributed by atoms with Crippen LogP contribution in [0.25, 0.3) is 0 Å². The van der Waals surface area contributed by atoms with Crippen LogP contribution in [0.4, 0.5) is 11.4 Å². The van der Waals surface area contributed by atoms with Crippen LogP contribution in [-0.4, -0.2) is 85.3 Å². The second-order valence-electron chi connectivity index (χ2n) is 7.85. The van der Waals surface area contributed by atoms with Crippen molar-refractivity contribution in [3.63, 3.8) is 0 Å². The van der Waals surface area contributed by atoms with Crippen LogP contribution in [0.15, 0.2) is 36.4 Å². The van der Waals surface area contributed by atoms with E-state index in [1.54, 1.807) is 57.7 Å². The van der Waals surface area contributed by atoms with Crippen molar-refractivity contribution in [2.24, 2.45) is 0 Å². The van der Waals surface area contributed by atoms with E-state index < -0.39 is 22.1 Å². The first kappa shape index (κ1) is 35.7. The number of fused-ring (bicyclic) bond motifs is 2. The molecule has 2 aromatic rings. The highest BCUT2D eigenvalue weighted by Crippen LogP contribution is 2.46. The summed E-state index contributed by atoms with van der Waals surface area (Å²) >= 11 is 3.08. The lowest BCUT2D eigenvalue weighted by Gasteiger charge is -2.19.